The molecule has 9 nitrogen and oxygen atoms in total. The van der Waals surface area contributed by atoms with Crippen molar-refractivity contribution in [3.8, 4) is 17.2 Å². The topological polar surface area (TPSA) is 115 Å². The fourth-order valence-corrected chi connectivity index (χ4v) is 4.21. The van der Waals surface area contributed by atoms with Gasteiger partial charge < -0.3 is 29.8 Å². The van der Waals surface area contributed by atoms with E-state index >= 15 is 0 Å². The Hall–Kier alpha value is -3.79. The second-order valence-electron chi connectivity index (χ2n) is 6.96. The molecule has 1 unspecified atom stereocenters. The number of hydrogen-bond acceptors (Lipinski definition) is 7. The van der Waals surface area contributed by atoms with Crippen molar-refractivity contribution in [1.82, 2.24) is 15.3 Å². The molecule has 0 fully saturated rings. The standard InChI is InChI=1S/C22H22N4O5S/c1-11(20(27)26-22-25-13-7-5-6-8-16(13)32-22)23-21(28)14-9-12-10-15(29-2)18(30-3)19(31-4)17(12)24-14/h5-11,24H,1-4H3,(H,23,28)(H,25,26,27). The Bertz CT molecular complexity index is 1280. The number of anilines is 1. The molecule has 2 amide bonds. The van der Waals surface area contributed by atoms with Crippen molar-refractivity contribution < 1.29 is 23.8 Å². The average molecular weight is 455 g/mol. The maximum absolute atomic E-state index is 12.8. The maximum atomic E-state index is 12.8. The lowest BCUT2D eigenvalue weighted by Crippen LogP contribution is -2.41. The number of methoxy groups -OCH3 is 3. The van der Waals surface area contributed by atoms with Crippen molar-refractivity contribution in [3.63, 3.8) is 0 Å². The summed E-state index contributed by atoms with van der Waals surface area (Å²) in [5.74, 6) is 0.511. The van der Waals surface area contributed by atoms with Gasteiger partial charge in [-0.2, -0.15) is 0 Å². The number of aromatic nitrogens is 2. The molecule has 0 spiro atoms. The molecule has 2 heterocycles. The van der Waals surface area contributed by atoms with E-state index in [2.05, 4.69) is 20.6 Å². The summed E-state index contributed by atoms with van der Waals surface area (Å²) >= 11 is 1.37. The van der Waals surface area contributed by atoms with Crippen LogP contribution in [-0.2, 0) is 4.79 Å². The van der Waals surface area contributed by atoms with Crippen LogP contribution in [0.2, 0.25) is 0 Å². The molecule has 10 heteroatoms. The van der Waals surface area contributed by atoms with Crippen LogP contribution >= 0.6 is 11.3 Å². The second kappa shape index (κ2) is 8.75. The highest BCUT2D eigenvalue weighted by molar-refractivity contribution is 7.22. The van der Waals surface area contributed by atoms with E-state index in [-0.39, 0.29) is 11.6 Å². The summed E-state index contributed by atoms with van der Waals surface area (Å²) in [6.45, 7) is 1.61. The lowest BCUT2D eigenvalue weighted by atomic mass is 10.2. The van der Waals surface area contributed by atoms with Gasteiger partial charge in [-0.15, -0.1) is 0 Å². The number of carbonyl (C=O) groups is 2. The van der Waals surface area contributed by atoms with Crippen molar-refractivity contribution >= 4 is 49.4 Å². The lowest BCUT2D eigenvalue weighted by Gasteiger charge is -2.13. The number of rotatable bonds is 7. The van der Waals surface area contributed by atoms with Gasteiger partial charge in [0.25, 0.3) is 5.91 Å². The minimum absolute atomic E-state index is 0.272. The molecule has 4 aromatic rings. The summed E-state index contributed by atoms with van der Waals surface area (Å²) in [7, 11) is 4.54. The van der Waals surface area contributed by atoms with Crippen LogP contribution < -0.4 is 24.8 Å². The summed E-state index contributed by atoms with van der Waals surface area (Å²) in [4.78, 5) is 32.8. The number of benzene rings is 2. The van der Waals surface area contributed by atoms with Crippen LogP contribution in [0.4, 0.5) is 5.13 Å². The van der Waals surface area contributed by atoms with E-state index in [1.807, 2.05) is 24.3 Å². The summed E-state index contributed by atoms with van der Waals surface area (Å²) < 4.78 is 17.2. The summed E-state index contributed by atoms with van der Waals surface area (Å²) in [6.07, 6.45) is 0. The van der Waals surface area contributed by atoms with Crippen molar-refractivity contribution in [2.75, 3.05) is 26.6 Å². The number of thiazole rings is 1. The molecule has 32 heavy (non-hydrogen) atoms. The first-order valence-electron chi connectivity index (χ1n) is 9.74. The van der Waals surface area contributed by atoms with Crippen LogP contribution in [0.25, 0.3) is 21.1 Å². The van der Waals surface area contributed by atoms with Crippen LogP contribution in [0.15, 0.2) is 36.4 Å². The Morgan fingerprint density at radius 2 is 1.81 bits per heavy atom. The molecule has 166 valence electrons. The SMILES string of the molecule is COc1cc2cc(C(=O)NC(C)C(=O)Nc3nc4ccccc4s3)[nH]c2c(OC)c1OC. The van der Waals surface area contributed by atoms with Gasteiger partial charge in [0.05, 0.1) is 37.1 Å². The summed E-state index contributed by atoms with van der Waals surface area (Å²) in [6, 6.07) is 10.2. The van der Waals surface area contributed by atoms with Gasteiger partial charge in [-0.1, -0.05) is 23.5 Å². The van der Waals surface area contributed by atoms with Crippen molar-refractivity contribution in [2.45, 2.75) is 13.0 Å². The molecule has 4 rings (SSSR count). The van der Waals surface area contributed by atoms with Gasteiger partial charge in [-0.05, 0) is 31.2 Å². The van der Waals surface area contributed by atoms with Crippen LogP contribution in [0.5, 0.6) is 17.2 Å². The van der Waals surface area contributed by atoms with Gasteiger partial charge in [0.1, 0.15) is 11.7 Å². The number of carbonyl (C=O) groups excluding carboxylic acids is 2. The highest BCUT2D eigenvalue weighted by Gasteiger charge is 2.22. The van der Waals surface area contributed by atoms with Crippen LogP contribution in [0, 0.1) is 0 Å². The molecule has 0 saturated carbocycles. The molecule has 0 radical (unpaired) electrons. The first-order valence-corrected chi connectivity index (χ1v) is 10.6. The van der Waals surface area contributed by atoms with Gasteiger partial charge >= 0.3 is 0 Å². The Morgan fingerprint density at radius 1 is 1.06 bits per heavy atom. The summed E-state index contributed by atoms with van der Waals surface area (Å²) in [5.41, 5.74) is 1.66. The van der Waals surface area contributed by atoms with Gasteiger partial charge in [0, 0.05) is 5.39 Å². The number of para-hydroxylation sites is 1. The third-order valence-corrected chi connectivity index (χ3v) is 5.88. The fraction of sp³-hybridized carbons (Fsp3) is 0.227. The minimum Gasteiger partial charge on any atom is -0.493 e. The highest BCUT2D eigenvalue weighted by Crippen LogP contribution is 2.43. The van der Waals surface area contributed by atoms with E-state index < -0.39 is 11.9 Å². The van der Waals surface area contributed by atoms with Gasteiger partial charge in [0.2, 0.25) is 11.7 Å². The monoisotopic (exact) mass is 454 g/mol. The van der Waals surface area contributed by atoms with E-state index in [0.29, 0.717) is 33.3 Å². The van der Waals surface area contributed by atoms with E-state index in [1.165, 1.54) is 32.7 Å². The van der Waals surface area contributed by atoms with Crippen LogP contribution in [-0.4, -0.2) is 49.2 Å². The Balaban J connectivity index is 1.51. The Kier molecular flexibility index (Phi) is 5.87. The predicted octanol–water partition coefficient (Wildman–Crippen LogP) is 3.56. The number of ether oxygens (including phenoxy) is 3. The van der Waals surface area contributed by atoms with E-state index in [1.54, 1.807) is 19.1 Å². The Morgan fingerprint density at radius 3 is 2.50 bits per heavy atom. The van der Waals surface area contributed by atoms with Crippen LogP contribution in [0.3, 0.4) is 0 Å². The average Bonchev–Trinajstić information content (AvgIpc) is 3.40. The van der Waals surface area contributed by atoms with Gasteiger partial charge in [0.15, 0.2) is 16.6 Å². The zero-order chi connectivity index (χ0) is 22.8. The smallest absolute Gasteiger partial charge is 0.268 e. The summed E-state index contributed by atoms with van der Waals surface area (Å²) in [5, 5.41) is 6.63. The normalized spacial score (nSPS) is 11.9. The number of aromatic amines is 1. The third kappa shape index (κ3) is 3.92. The predicted molar refractivity (Wildman–Crippen MR) is 123 cm³/mol. The largest absolute Gasteiger partial charge is 0.493 e. The first kappa shape index (κ1) is 21.4. The molecular weight excluding hydrogens is 432 g/mol. The number of H-pyrrole nitrogens is 1. The first-order chi connectivity index (χ1) is 15.4. The number of fused-ring (bicyclic) bond motifs is 2. The number of nitrogens with zero attached hydrogens (tertiary/aromatic N) is 1. The van der Waals surface area contributed by atoms with Crippen molar-refractivity contribution in [3.05, 3.63) is 42.1 Å². The zero-order valence-electron chi connectivity index (χ0n) is 17.9. The minimum atomic E-state index is -0.785. The molecule has 2 aromatic heterocycles. The van der Waals surface area contributed by atoms with E-state index in [9.17, 15) is 9.59 Å². The van der Waals surface area contributed by atoms with E-state index in [0.717, 1.165) is 10.2 Å². The molecule has 3 N–H and O–H groups in total. The third-order valence-electron chi connectivity index (χ3n) is 4.93. The number of hydrogen-bond donors (Lipinski definition) is 3. The maximum Gasteiger partial charge on any atom is 0.268 e. The second-order valence-corrected chi connectivity index (χ2v) is 7.99. The molecule has 0 aliphatic rings. The molecule has 0 aliphatic heterocycles. The number of nitrogens with one attached hydrogen (secondary N) is 3. The van der Waals surface area contributed by atoms with Gasteiger partial charge in [-0.25, -0.2) is 4.98 Å². The van der Waals surface area contributed by atoms with Crippen LogP contribution in [0.1, 0.15) is 17.4 Å². The molecular formula is C22H22N4O5S. The highest BCUT2D eigenvalue weighted by atomic mass is 32.1. The molecule has 0 bridgehead atoms. The lowest BCUT2D eigenvalue weighted by molar-refractivity contribution is -0.117. The fourth-order valence-electron chi connectivity index (χ4n) is 3.35. The molecule has 1 atom stereocenters. The quantitative estimate of drug-likeness (QED) is 0.393. The van der Waals surface area contributed by atoms with E-state index in [4.69, 9.17) is 14.2 Å². The molecule has 0 aliphatic carbocycles. The number of amides is 2. The Labute approximate surface area is 187 Å². The van der Waals surface area contributed by atoms with Gasteiger partial charge in [-0.3, -0.25) is 9.59 Å². The molecule has 2 aromatic carbocycles. The van der Waals surface area contributed by atoms with Crippen molar-refractivity contribution in [1.29, 1.82) is 0 Å². The van der Waals surface area contributed by atoms with Crippen molar-refractivity contribution in [2.24, 2.45) is 0 Å². The molecule has 0 saturated heterocycles. The zero-order valence-corrected chi connectivity index (χ0v) is 18.8.